The van der Waals surface area contributed by atoms with Crippen LogP contribution in [0.1, 0.15) is 28.9 Å². The number of hydrogen-bond acceptors (Lipinski definition) is 4. The van der Waals surface area contributed by atoms with Crippen molar-refractivity contribution in [3.63, 3.8) is 0 Å². The first-order chi connectivity index (χ1) is 8.19. The molecule has 1 amide bonds. The molecule has 0 aliphatic heterocycles. The van der Waals surface area contributed by atoms with Gasteiger partial charge in [0.2, 0.25) is 5.82 Å². The van der Waals surface area contributed by atoms with Crippen molar-refractivity contribution in [1.82, 2.24) is 30.3 Å². The zero-order chi connectivity index (χ0) is 12.3. The second-order valence-electron chi connectivity index (χ2n) is 3.66. The highest BCUT2D eigenvalue weighted by Gasteiger charge is 2.11. The van der Waals surface area contributed by atoms with Crippen LogP contribution < -0.4 is 5.32 Å². The minimum atomic E-state index is -0.287. The Morgan fingerprint density at radius 1 is 1.59 bits per heavy atom. The van der Waals surface area contributed by atoms with Crippen LogP contribution >= 0.6 is 0 Å². The summed E-state index contributed by atoms with van der Waals surface area (Å²) in [5.74, 6) is 0.590. The van der Waals surface area contributed by atoms with E-state index in [0.29, 0.717) is 12.4 Å². The number of rotatable bonds is 4. The highest BCUT2D eigenvalue weighted by Crippen LogP contribution is 1.97. The maximum absolute atomic E-state index is 11.7. The molecule has 0 spiro atoms. The van der Waals surface area contributed by atoms with Gasteiger partial charge in [0.05, 0.1) is 6.20 Å². The van der Waals surface area contributed by atoms with Crippen LogP contribution in [-0.2, 0) is 20.0 Å². The molecule has 0 fully saturated rings. The molecule has 0 aliphatic rings. The molecule has 2 aromatic heterocycles. The van der Waals surface area contributed by atoms with Crippen molar-refractivity contribution < 1.29 is 4.79 Å². The lowest BCUT2D eigenvalue weighted by molar-refractivity contribution is 0.0941. The van der Waals surface area contributed by atoms with Gasteiger partial charge in [-0.25, -0.2) is 4.98 Å². The number of aryl methyl sites for hydroxylation is 2. The van der Waals surface area contributed by atoms with E-state index >= 15 is 0 Å². The molecule has 2 N–H and O–H groups in total. The van der Waals surface area contributed by atoms with E-state index < -0.39 is 0 Å². The summed E-state index contributed by atoms with van der Waals surface area (Å²) in [5.41, 5.74) is 0.937. The predicted octanol–water partition coefficient (Wildman–Crippen LogP) is 0.0306. The van der Waals surface area contributed by atoms with E-state index in [1.54, 1.807) is 10.9 Å². The van der Waals surface area contributed by atoms with Crippen molar-refractivity contribution >= 4 is 5.91 Å². The molecule has 0 saturated heterocycles. The van der Waals surface area contributed by atoms with Crippen molar-refractivity contribution in [2.75, 3.05) is 0 Å². The lowest BCUT2D eigenvalue weighted by atomic mass is 10.3. The molecule has 0 saturated carbocycles. The Morgan fingerprint density at radius 3 is 3.00 bits per heavy atom. The molecule has 17 heavy (non-hydrogen) atoms. The van der Waals surface area contributed by atoms with E-state index in [2.05, 4.69) is 25.6 Å². The summed E-state index contributed by atoms with van der Waals surface area (Å²) < 4.78 is 1.68. The van der Waals surface area contributed by atoms with Crippen molar-refractivity contribution in [3.8, 4) is 0 Å². The van der Waals surface area contributed by atoms with Crippen molar-refractivity contribution in [2.45, 2.75) is 19.9 Å². The Morgan fingerprint density at radius 2 is 2.41 bits per heavy atom. The zero-order valence-electron chi connectivity index (χ0n) is 9.77. The van der Waals surface area contributed by atoms with Crippen LogP contribution in [0.25, 0.3) is 0 Å². The first-order valence-electron chi connectivity index (χ1n) is 5.36. The highest BCUT2D eigenvalue weighted by atomic mass is 16.2. The van der Waals surface area contributed by atoms with Crippen LogP contribution in [0.2, 0.25) is 0 Å². The van der Waals surface area contributed by atoms with E-state index in [-0.39, 0.29) is 11.7 Å². The SMILES string of the molecule is CCc1nc(C(=O)NCc2cnn(C)c2)n[nH]1. The Labute approximate surface area is 98.2 Å². The monoisotopic (exact) mass is 234 g/mol. The third-order valence-electron chi connectivity index (χ3n) is 2.28. The van der Waals surface area contributed by atoms with Gasteiger partial charge in [-0.05, 0) is 0 Å². The maximum atomic E-state index is 11.7. The summed E-state index contributed by atoms with van der Waals surface area (Å²) >= 11 is 0. The van der Waals surface area contributed by atoms with E-state index in [1.165, 1.54) is 0 Å². The summed E-state index contributed by atoms with van der Waals surface area (Å²) in [5, 5.41) is 13.3. The molecule has 2 heterocycles. The number of nitrogens with one attached hydrogen (secondary N) is 2. The predicted molar refractivity (Wildman–Crippen MR) is 60.1 cm³/mol. The smallest absolute Gasteiger partial charge is 0.291 e. The normalized spacial score (nSPS) is 10.5. The van der Waals surface area contributed by atoms with E-state index in [0.717, 1.165) is 12.0 Å². The summed E-state index contributed by atoms with van der Waals surface area (Å²) in [4.78, 5) is 15.7. The molecule has 0 aliphatic carbocycles. The number of carbonyl (C=O) groups excluding carboxylic acids is 1. The van der Waals surface area contributed by atoms with Crippen LogP contribution in [0.4, 0.5) is 0 Å². The third kappa shape index (κ3) is 2.68. The van der Waals surface area contributed by atoms with Crippen molar-refractivity contribution in [1.29, 1.82) is 0 Å². The van der Waals surface area contributed by atoms with Gasteiger partial charge in [0.25, 0.3) is 5.91 Å². The van der Waals surface area contributed by atoms with Crippen LogP contribution in [0.5, 0.6) is 0 Å². The number of hydrogen-bond donors (Lipinski definition) is 2. The van der Waals surface area contributed by atoms with Crippen LogP contribution in [0.15, 0.2) is 12.4 Å². The summed E-state index contributed by atoms with van der Waals surface area (Å²) in [6.07, 6.45) is 4.27. The van der Waals surface area contributed by atoms with Gasteiger partial charge in [-0.1, -0.05) is 6.92 Å². The largest absolute Gasteiger partial charge is 0.345 e. The number of nitrogens with zero attached hydrogens (tertiary/aromatic N) is 4. The summed E-state index contributed by atoms with van der Waals surface area (Å²) in [6, 6.07) is 0. The third-order valence-corrected chi connectivity index (χ3v) is 2.28. The molecule has 0 unspecified atom stereocenters. The Bertz CT molecular complexity index is 514. The summed E-state index contributed by atoms with van der Waals surface area (Å²) in [7, 11) is 1.83. The summed E-state index contributed by atoms with van der Waals surface area (Å²) in [6.45, 7) is 2.36. The lowest BCUT2D eigenvalue weighted by Gasteiger charge is -1.98. The number of aromatic nitrogens is 5. The number of carbonyl (C=O) groups is 1. The van der Waals surface area contributed by atoms with Gasteiger partial charge in [0.1, 0.15) is 5.82 Å². The quantitative estimate of drug-likeness (QED) is 0.781. The van der Waals surface area contributed by atoms with E-state index in [4.69, 9.17) is 0 Å². The van der Waals surface area contributed by atoms with E-state index in [1.807, 2.05) is 20.2 Å². The van der Waals surface area contributed by atoms with Crippen LogP contribution in [0, 0.1) is 0 Å². The fourth-order valence-electron chi connectivity index (χ4n) is 1.38. The number of amides is 1. The average Bonchev–Trinajstić information content (AvgIpc) is 2.94. The lowest BCUT2D eigenvalue weighted by Crippen LogP contribution is -2.23. The second kappa shape index (κ2) is 4.77. The minimum Gasteiger partial charge on any atom is -0.345 e. The molecule has 7 nitrogen and oxygen atoms in total. The molecular weight excluding hydrogens is 220 g/mol. The fourth-order valence-corrected chi connectivity index (χ4v) is 1.38. The average molecular weight is 234 g/mol. The maximum Gasteiger partial charge on any atom is 0.291 e. The first kappa shape index (κ1) is 11.3. The van der Waals surface area contributed by atoms with Crippen LogP contribution in [-0.4, -0.2) is 30.9 Å². The van der Waals surface area contributed by atoms with E-state index in [9.17, 15) is 4.79 Å². The van der Waals surface area contributed by atoms with Crippen LogP contribution in [0.3, 0.4) is 0 Å². The van der Waals surface area contributed by atoms with Crippen molar-refractivity contribution in [3.05, 3.63) is 29.6 Å². The first-order valence-corrected chi connectivity index (χ1v) is 5.36. The Kier molecular flexibility index (Phi) is 3.17. The number of H-pyrrole nitrogens is 1. The number of aromatic amines is 1. The highest BCUT2D eigenvalue weighted by molar-refractivity contribution is 5.90. The van der Waals surface area contributed by atoms with Gasteiger partial charge < -0.3 is 5.32 Å². The van der Waals surface area contributed by atoms with Crippen molar-refractivity contribution in [2.24, 2.45) is 7.05 Å². The Hall–Kier alpha value is -2.18. The molecule has 0 atom stereocenters. The minimum absolute atomic E-state index is 0.172. The van der Waals surface area contributed by atoms with Gasteiger partial charge >= 0.3 is 0 Å². The Balaban J connectivity index is 1.93. The van der Waals surface area contributed by atoms with Gasteiger partial charge in [-0.3, -0.25) is 14.6 Å². The second-order valence-corrected chi connectivity index (χ2v) is 3.66. The zero-order valence-corrected chi connectivity index (χ0v) is 9.77. The molecular formula is C10H14N6O. The molecule has 0 radical (unpaired) electrons. The van der Waals surface area contributed by atoms with Gasteiger partial charge in [-0.15, -0.1) is 5.10 Å². The van der Waals surface area contributed by atoms with Gasteiger partial charge in [0, 0.05) is 31.8 Å². The van der Waals surface area contributed by atoms with Gasteiger partial charge in [-0.2, -0.15) is 5.10 Å². The molecule has 2 rings (SSSR count). The fraction of sp³-hybridized carbons (Fsp3) is 0.400. The molecule has 90 valence electrons. The standard InChI is InChI=1S/C10H14N6O/c1-3-8-13-9(15-14-8)10(17)11-4-7-5-12-16(2)6-7/h5-6H,3-4H2,1-2H3,(H,11,17)(H,13,14,15). The molecule has 0 aromatic carbocycles. The topological polar surface area (TPSA) is 88.5 Å². The molecule has 0 bridgehead atoms. The van der Waals surface area contributed by atoms with Gasteiger partial charge in [0.15, 0.2) is 0 Å². The molecule has 7 heteroatoms. The molecule has 2 aromatic rings.